The average molecular weight is 265 g/mol. The van der Waals surface area contributed by atoms with Gasteiger partial charge in [-0.15, -0.1) is 0 Å². The molecule has 2 rings (SSSR count). The van der Waals surface area contributed by atoms with Crippen LogP contribution in [0.15, 0.2) is 45.7 Å². The lowest BCUT2D eigenvalue weighted by Gasteiger charge is -2.04. The first-order valence-electron chi connectivity index (χ1n) is 4.48. The maximum Gasteiger partial charge on any atom is 0.267 e. The second-order valence-corrected chi connectivity index (χ2v) is 4.02. The monoisotopic (exact) mass is 264 g/mol. The number of aryl methyl sites for hydroxylation is 1. The molecule has 0 saturated carbocycles. The van der Waals surface area contributed by atoms with Gasteiger partial charge in [0.25, 0.3) is 5.56 Å². The SMILES string of the molecule is Cn1nc(-c2ccccc2)c(Br)cc1=O. The van der Waals surface area contributed by atoms with Gasteiger partial charge in [-0.2, -0.15) is 5.10 Å². The average Bonchev–Trinajstić information content (AvgIpc) is 2.25. The maximum atomic E-state index is 11.3. The largest absolute Gasteiger partial charge is 0.268 e. The van der Waals surface area contributed by atoms with Crippen LogP contribution in [0.4, 0.5) is 0 Å². The van der Waals surface area contributed by atoms with Crippen molar-refractivity contribution in [3.63, 3.8) is 0 Å². The van der Waals surface area contributed by atoms with E-state index in [9.17, 15) is 4.79 Å². The third-order valence-corrected chi connectivity index (χ3v) is 2.70. The molecule has 2 aromatic rings. The Morgan fingerprint density at radius 2 is 1.93 bits per heavy atom. The molecule has 1 aromatic carbocycles. The summed E-state index contributed by atoms with van der Waals surface area (Å²) in [4.78, 5) is 11.3. The van der Waals surface area contributed by atoms with Crippen molar-refractivity contribution in [1.29, 1.82) is 0 Å². The summed E-state index contributed by atoms with van der Waals surface area (Å²) < 4.78 is 2.05. The summed E-state index contributed by atoms with van der Waals surface area (Å²) in [5, 5.41) is 4.20. The molecule has 0 atom stereocenters. The number of rotatable bonds is 1. The fourth-order valence-electron chi connectivity index (χ4n) is 1.31. The minimum absolute atomic E-state index is 0.124. The molecule has 0 aliphatic carbocycles. The number of nitrogens with zero attached hydrogens (tertiary/aromatic N) is 2. The molecular weight excluding hydrogens is 256 g/mol. The van der Waals surface area contributed by atoms with Crippen LogP contribution in [0.5, 0.6) is 0 Å². The van der Waals surface area contributed by atoms with E-state index in [0.717, 1.165) is 15.7 Å². The van der Waals surface area contributed by atoms with Gasteiger partial charge in [0.15, 0.2) is 0 Å². The third-order valence-electron chi connectivity index (χ3n) is 2.09. The Labute approximate surface area is 95.5 Å². The van der Waals surface area contributed by atoms with Gasteiger partial charge in [-0.25, -0.2) is 4.68 Å². The highest BCUT2D eigenvalue weighted by Gasteiger charge is 2.06. The molecule has 4 heteroatoms. The zero-order valence-corrected chi connectivity index (χ0v) is 9.73. The fraction of sp³-hybridized carbons (Fsp3) is 0.0909. The third kappa shape index (κ3) is 1.99. The Hall–Kier alpha value is -1.42. The van der Waals surface area contributed by atoms with Gasteiger partial charge in [-0.1, -0.05) is 30.3 Å². The molecule has 0 amide bonds. The van der Waals surface area contributed by atoms with Crippen molar-refractivity contribution in [3.8, 4) is 11.3 Å². The Morgan fingerprint density at radius 3 is 2.60 bits per heavy atom. The van der Waals surface area contributed by atoms with Gasteiger partial charge in [0.2, 0.25) is 0 Å². The van der Waals surface area contributed by atoms with Crippen LogP contribution in [0.2, 0.25) is 0 Å². The molecule has 0 aliphatic heterocycles. The van der Waals surface area contributed by atoms with E-state index in [1.54, 1.807) is 7.05 Å². The number of hydrogen-bond donors (Lipinski definition) is 0. The summed E-state index contributed by atoms with van der Waals surface area (Å²) in [7, 11) is 1.64. The molecule has 1 aromatic heterocycles. The molecular formula is C11H9BrN2O. The molecule has 3 nitrogen and oxygen atoms in total. The Morgan fingerprint density at radius 1 is 1.27 bits per heavy atom. The molecule has 0 unspecified atom stereocenters. The molecule has 0 radical (unpaired) electrons. The van der Waals surface area contributed by atoms with Crippen molar-refractivity contribution in [2.24, 2.45) is 7.05 Å². The summed E-state index contributed by atoms with van der Waals surface area (Å²) in [6.45, 7) is 0. The summed E-state index contributed by atoms with van der Waals surface area (Å²) in [5.74, 6) is 0. The summed E-state index contributed by atoms with van der Waals surface area (Å²) in [5.41, 5.74) is 1.64. The van der Waals surface area contributed by atoms with Crippen LogP contribution in [0.1, 0.15) is 0 Å². The quantitative estimate of drug-likeness (QED) is 0.792. The van der Waals surface area contributed by atoms with Crippen LogP contribution in [0.3, 0.4) is 0 Å². The van der Waals surface area contributed by atoms with E-state index in [1.807, 2.05) is 30.3 Å². The highest BCUT2D eigenvalue weighted by atomic mass is 79.9. The summed E-state index contributed by atoms with van der Waals surface area (Å²) in [6.07, 6.45) is 0. The van der Waals surface area contributed by atoms with Gasteiger partial charge < -0.3 is 0 Å². The van der Waals surface area contributed by atoms with Crippen molar-refractivity contribution >= 4 is 15.9 Å². The van der Waals surface area contributed by atoms with E-state index < -0.39 is 0 Å². The van der Waals surface area contributed by atoms with Gasteiger partial charge in [0.1, 0.15) is 5.69 Å². The topological polar surface area (TPSA) is 34.9 Å². The fourth-order valence-corrected chi connectivity index (χ4v) is 1.81. The van der Waals surface area contributed by atoms with E-state index in [-0.39, 0.29) is 5.56 Å². The zero-order valence-electron chi connectivity index (χ0n) is 8.14. The second kappa shape index (κ2) is 3.98. The van der Waals surface area contributed by atoms with Crippen molar-refractivity contribution in [2.75, 3.05) is 0 Å². The van der Waals surface area contributed by atoms with Gasteiger partial charge in [-0.05, 0) is 15.9 Å². The first kappa shape index (κ1) is 10.1. The molecule has 0 bridgehead atoms. The lowest BCUT2D eigenvalue weighted by atomic mass is 10.1. The van der Waals surface area contributed by atoms with E-state index in [2.05, 4.69) is 21.0 Å². The normalized spacial score (nSPS) is 10.3. The molecule has 76 valence electrons. The van der Waals surface area contributed by atoms with Gasteiger partial charge in [0, 0.05) is 18.7 Å². The Balaban J connectivity index is 2.64. The van der Waals surface area contributed by atoms with Gasteiger partial charge in [0.05, 0.1) is 4.47 Å². The number of halogens is 1. The minimum Gasteiger partial charge on any atom is -0.268 e. The van der Waals surface area contributed by atoms with Gasteiger partial charge in [-0.3, -0.25) is 4.79 Å². The standard InChI is InChI=1S/C11H9BrN2O/c1-14-10(15)7-9(12)11(13-14)8-5-3-2-4-6-8/h2-7H,1H3. The highest BCUT2D eigenvalue weighted by Crippen LogP contribution is 2.23. The number of hydrogen-bond acceptors (Lipinski definition) is 2. The number of aromatic nitrogens is 2. The van der Waals surface area contributed by atoms with Gasteiger partial charge >= 0.3 is 0 Å². The zero-order chi connectivity index (χ0) is 10.8. The van der Waals surface area contributed by atoms with Crippen molar-refractivity contribution in [3.05, 3.63) is 51.2 Å². The highest BCUT2D eigenvalue weighted by molar-refractivity contribution is 9.10. The Bertz CT molecular complexity index is 534. The predicted molar refractivity (Wildman–Crippen MR) is 62.6 cm³/mol. The lowest BCUT2D eigenvalue weighted by molar-refractivity contribution is 0.709. The first-order valence-corrected chi connectivity index (χ1v) is 5.27. The predicted octanol–water partition coefficient (Wildman–Crippen LogP) is 2.21. The van der Waals surface area contributed by atoms with Crippen LogP contribution in [-0.2, 0) is 7.05 Å². The summed E-state index contributed by atoms with van der Waals surface area (Å²) in [6, 6.07) is 11.3. The van der Waals surface area contributed by atoms with E-state index in [0.29, 0.717) is 0 Å². The first-order chi connectivity index (χ1) is 7.18. The smallest absolute Gasteiger partial charge is 0.267 e. The van der Waals surface area contributed by atoms with Crippen LogP contribution >= 0.6 is 15.9 Å². The molecule has 15 heavy (non-hydrogen) atoms. The minimum atomic E-state index is -0.124. The molecule has 0 N–H and O–H groups in total. The molecule has 0 aliphatic rings. The van der Waals surface area contributed by atoms with Crippen LogP contribution in [0.25, 0.3) is 11.3 Å². The van der Waals surface area contributed by atoms with E-state index >= 15 is 0 Å². The molecule has 1 heterocycles. The Kier molecular flexibility index (Phi) is 2.68. The summed E-state index contributed by atoms with van der Waals surface area (Å²) >= 11 is 3.34. The molecule has 0 fully saturated rings. The second-order valence-electron chi connectivity index (χ2n) is 3.17. The van der Waals surface area contributed by atoms with Crippen molar-refractivity contribution in [2.45, 2.75) is 0 Å². The van der Waals surface area contributed by atoms with Crippen LogP contribution < -0.4 is 5.56 Å². The van der Waals surface area contributed by atoms with Crippen molar-refractivity contribution < 1.29 is 0 Å². The maximum absolute atomic E-state index is 11.3. The van der Waals surface area contributed by atoms with E-state index in [1.165, 1.54) is 10.7 Å². The van der Waals surface area contributed by atoms with Crippen molar-refractivity contribution in [1.82, 2.24) is 9.78 Å². The molecule has 0 saturated heterocycles. The lowest BCUT2D eigenvalue weighted by Crippen LogP contribution is -2.19. The number of benzene rings is 1. The molecule has 0 spiro atoms. The van der Waals surface area contributed by atoms with Crippen LogP contribution in [0, 0.1) is 0 Å². The van der Waals surface area contributed by atoms with Crippen LogP contribution in [-0.4, -0.2) is 9.78 Å². The van der Waals surface area contributed by atoms with E-state index in [4.69, 9.17) is 0 Å².